The third kappa shape index (κ3) is 2.76. The largest absolute Gasteiger partial charge is 0.328 e. The van der Waals surface area contributed by atoms with Crippen LogP contribution in [0.3, 0.4) is 0 Å². The molecule has 0 unspecified atom stereocenters. The Balaban J connectivity index is 1.99. The topological polar surface area (TPSA) is 110 Å². The van der Waals surface area contributed by atoms with Crippen molar-refractivity contribution in [2.24, 2.45) is 0 Å². The lowest BCUT2D eigenvalue weighted by atomic mass is 10.1. The molecule has 0 aliphatic carbocycles. The van der Waals surface area contributed by atoms with Gasteiger partial charge in [-0.05, 0) is 19.1 Å². The van der Waals surface area contributed by atoms with Gasteiger partial charge in [0.05, 0.1) is 12.2 Å². The van der Waals surface area contributed by atoms with E-state index in [1.165, 1.54) is 10.9 Å². The molecule has 0 radical (unpaired) electrons. The number of ketones is 1. The number of Topliss-reactive ketones (excluding diaryl/α,β-unsaturated/α-hetero) is 1. The van der Waals surface area contributed by atoms with E-state index in [9.17, 15) is 19.2 Å². The van der Waals surface area contributed by atoms with E-state index in [1.54, 1.807) is 31.2 Å². The molecule has 0 fully saturated rings. The molecule has 8 nitrogen and oxygen atoms in total. The number of benzene rings is 1. The van der Waals surface area contributed by atoms with E-state index in [4.69, 9.17) is 0 Å². The van der Waals surface area contributed by atoms with Gasteiger partial charge in [-0.25, -0.2) is 9.48 Å². The lowest BCUT2D eigenvalue weighted by Gasteiger charge is -2.02. The molecule has 0 amide bonds. The maximum atomic E-state index is 12.5. The Morgan fingerprint density at radius 2 is 1.79 bits per heavy atom. The summed E-state index contributed by atoms with van der Waals surface area (Å²) in [4.78, 5) is 49.8. The Bertz CT molecular complexity index is 1070. The molecule has 24 heavy (non-hydrogen) atoms. The van der Waals surface area contributed by atoms with Crippen LogP contribution in [0.2, 0.25) is 0 Å². The van der Waals surface area contributed by atoms with Gasteiger partial charge in [-0.1, -0.05) is 18.2 Å². The van der Waals surface area contributed by atoms with Crippen LogP contribution in [-0.2, 0) is 6.54 Å². The lowest BCUT2D eigenvalue weighted by molar-refractivity contribution is 0.0968. The molecule has 0 bridgehead atoms. The van der Waals surface area contributed by atoms with E-state index in [2.05, 4.69) is 10.1 Å². The van der Waals surface area contributed by atoms with Crippen molar-refractivity contribution in [3.63, 3.8) is 0 Å². The minimum absolute atomic E-state index is 0.0167. The van der Waals surface area contributed by atoms with E-state index < -0.39 is 22.6 Å². The summed E-state index contributed by atoms with van der Waals surface area (Å²) in [6, 6.07) is 9.98. The lowest BCUT2D eigenvalue weighted by Crippen LogP contribution is -2.32. The maximum absolute atomic E-state index is 12.5. The molecule has 2 N–H and O–H groups in total. The van der Waals surface area contributed by atoms with E-state index in [-0.39, 0.29) is 12.1 Å². The quantitative estimate of drug-likeness (QED) is 0.668. The van der Waals surface area contributed by atoms with Gasteiger partial charge in [0, 0.05) is 18.0 Å². The molecular weight excluding hydrogens is 312 g/mol. The van der Waals surface area contributed by atoms with Crippen molar-refractivity contribution in [2.75, 3.05) is 0 Å². The highest BCUT2D eigenvalue weighted by Gasteiger charge is 2.20. The molecular formula is C16H14N4O4. The van der Waals surface area contributed by atoms with Crippen LogP contribution < -0.4 is 16.8 Å². The first-order chi connectivity index (χ1) is 11.5. The molecule has 8 heteroatoms. The van der Waals surface area contributed by atoms with Gasteiger partial charge in [0.15, 0.2) is 5.78 Å². The number of carbonyl (C=O) groups is 1. The first-order valence-corrected chi connectivity index (χ1v) is 7.17. The molecule has 2 aromatic heterocycles. The van der Waals surface area contributed by atoms with Crippen LogP contribution in [0.1, 0.15) is 16.1 Å². The summed E-state index contributed by atoms with van der Waals surface area (Å²) < 4.78 is 2.32. The zero-order valence-corrected chi connectivity index (χ0v) is 12.8. The average Bonchev–Trinajstić information content (AvgIpc) is 2.85. The number of hydrogen-bond acceptors (Lipinski definition) is 4. The SMILES string of the molecule is Cc1[nH]n(-c2ccccc2)c(=O)c1C(=O)Cn1ccc(=O)[nH]c1=O. The second-order valence-corrected chi connectivity index (χ2v) is 5.25. The zero-order chi connectivity index (χ0) is 17.3. The highest BCUT2D eigenvalue weighted by molar-refractivity contribution is 5.96. The predicted octanol–water partition coefficient (Wildman–Crippen LogP) is 0.207. The number of para-hydroxylation sites is 1. The predicted molar refractivity (Wildman–Crippen MR) is 86.8 cm³/mol. The van der Waals surface area contributed by atoms with E-state index >= 15 is 0 Å². The van der Waals surface area contributed by atoms with Gasteiger partial charge >= 0.3 is 5.69 Å². The fraction of sp³-hybridized carbons (Fsp3) is 0.125. The zero-order valence-electron chi connectivity index (χ0n) is 12.8. The Labute approximate surface area is 135 Å². The number of carbonyl (C=O) groups excluding carboxylic acids is 1. The van der Waals surface area contributed by atoms with Gasteiger partial charge in [-0.15, -0.1) is 0 Å². The van der Waals surface area contributed by atoms with E-state index in [0.29, 0.717) is 11.4 Å². The van der Waals surface area contributed by atoms with Gasteiger partial charge < -0.3 is 0 Å². The number of aryl methyl sites for hydroxylation is 1. The summed E-state index contributed by atoms with van der Waals surface area (Å²) in [6.45, 7) is 1.28. The fourth-order valence-corrected chi connectivity index (χ4v) is 2.44. The molecule has 2 heterocycles. The number of H-pyrrole nitrogens is 2. The molecule has 0 saturated heterocycles. The smallest absolute Gasteiger partial charge is 0.295 e. The second-order valence-electron chi connectivity index (χ2n) is 5.25. The van der Waals surface area contributed by atoms with Crippen LogP contribution >= 0.6 is 0 Å². The first kappa shape index (κ1) is 15.5. The monoisotopic (exact) mass is 326 g/mol. The Morgan fingerprint density at radius 3 is 2.46 bits per heavy atom. The van der Waals surface area contributed by atoms with Crippen LogP contribution in [-0.4, -0.2) is 25.1 Å². The number of nitrogens with one attached hydrogen (secondary N) is 2. The number of hydrogen-bond donors (Lipinski definition) is 2. The number of aromatic amines is 2. The molecule has 0 spiro atoms. The summed E-state index contributed by atoms with van der Waals surface area (Å²) in [5.74, 6) is -0.516. The first-order valence-electron chi connectivity index (χ1n) is 7.17. The molecule has 0 aliphatic rings. The van der Waals surface area contributed by atoms with Gasteiger partial charge in [-0.3, -0.25) is 29.0 Å². The van der Waals surface area contributed by atoms with E-state index in [0.717, 1.165) is 10.6 Å². The molecule has 0 saturated carbocycles. The van der Waals surface area contributed by atoms with Crippen molar-refractivity contribution in [3.05, 3.63) is 85.0 Å². The summed E-state index contributed by atoms with van der Waals surface area (Å²) in [5.41, 5.74) is -0.740. The third-order valence-electron chi connectivity index (χ3n) is 3.58. The van der Waals surface area contributed by atoms with Gasteiger partial charge in [-0.2, -0.15) is 0 Å². The van der Waals surface area contributed by atoms with Gasteiger partial charge in [0.2, 0.25) is 0 Å². The molecule has 3 aromatic rings. The van der Waals surface area contributed by atoms with Crippen LogP contribution in [0.5, 0.6) is 0 Å². The molecule has 3 rings (SSSR count). The normalized spacial score (nSPS) is 10.7. The standard InChI is InChI=1S/C16H14N4O4/c1-10-14(12(21)9-19-8-7-13(22)17-16(19)24)15(23)20(18-10)11-5-3-2-4-6-11/h2-8,18H,9H2,1H3,(H,17,22,24). The molecule has 0 aliphatic heterocycles. The minimum Gasteiger partial charge on any atom is -0.295 e. The summed E-state index contributed by atoms with van der Waals surface area (Å²) in [7, 11) is 0. The van der Waals surface area contributed by atoms with Crippen molar-refractivity contribution in [1.82, 2.24) is 19.3 Å². The number of nitrogens with zero attached hydrogens (tertiary/aromatic N) is 2. The highest BCUT2D eigenvalue weighted by Crippen LogP contribution is 2.08. The van der Waals surface area contributed by atoms with E-state index in [1.807, 2.05) is 6.07 Å². The van der Waals surface area contributed by atoms with Crippen molar-refractivity contribution in [3.8, 4) is 5.69 Å². The maximum Gasteiger partial charge on any atom is 0.328 e. The molecule has 122 valence electrons. The van der Waals surface area contributed by atoms with Crippen LogP contribution in [0.4, 0.5) is 0 Å². The van der Waals surface area contributed by atoms with Gasteiger partial charge in [0.1, 0.15) is 5.56 Å². The van der Waals surface area contributed by atoms with Gasteiger partial charge in [0.25, 0.3) is 11.1 Å². The fourth-order valence-electron chi connectivity index (χ4n) is 2.44. The highest BCUT2D eigenvalue weighted by atomic mass is 16.2. The summed E-state index contributed by atoms with van der Waals surface area (Å²) in [6.07, 6.45) is 1.22. The summed E-state index contributed by atoms with van der Waals surface area (Å²) >= 11 is 0. The molecule has 0 atom stereocenters. The Hall–Kier alpha value is -3.42. The second kappa shape index (κ2) is 5.99. The van der Waals surface area contributed by atoms with Crippen molar-refractivity contribution >= 4 is 5.78 Å². The third-order valence-corrected chi connectivity index (χ3v) is 3.58. The molecule has 1 aromatic carbocycles. The number of rotatable bonds is 4. The Kier molecular flexibility index (Phi) is 3.87. The van der Waals surface area contributed by atoms with Crippen LogP contribution in [0, 0.1) is 6.92 Å². The van der Waals surface area contributed by atoms with Crippen molar-refractivity contribution < 1.29 is 4.79 Å². The van der Waals surface area contributed by atoms with Crippen LogP contribution in [0.15, 0.2) is 57.0 Å². The Morgan fingerprint density at radius 1 is 1.08 bits per heavy atom. The summed E-state index contributed by atoms with van der Waals surface area (Å²) in [5, 5.41) is 2.86. The minimum atomic E-state index is -0.701. The average molecular weight is 326 g/mol. The van der Waals surface area contributed by atoms with Crippen molar-refractivity contribution in [1.29, 1.82) is 0 Å². The van der Waals surface area contributed by atoms with Crippen LogP contribution in [0.25, 0.3) is 5.69 Å². The number of aromatic nitrogens is 4. The van der Waals surface area contributed by atoms with Crippen molar-refractivity contribution in [2.45, 2.75) is 13.5 Å².